The van der Waals surface area contributed by atoms with E-state index in [2.05, 4.69) is 25.8 Å². The predicted molar refractivity (Wildman–Crippen MR) is 55.2 cm³/mol. The monoisotopic (exact) mass is 172 g/mol. The first-order chi connectivity index (χ1) is 5.70. The van der Waals surface area contributed by atoms with Gasteiger partial charge in [0, 0.05) is 0 Å². The van der Waals surface area contributed by atoms with Crippen molar-refractivity contribution < 1.29 is 0 Å². The van der Waals surface area contributed by atoms with Crippen molar-refractivity contribution in [3.8, 4) is 0 Å². The van der Waals surface area contributed by atoms with Crippen LogP contribution in [0.5, 0.6) is 0 Å². The Balaban J connectivity index is 3.18. The van der Waals surface area contributed by atoms with E-state index in [-0.39, 0.29) is 0 Å². The maximum absolute atomic E-state index is 5.53. The molecular formula is C10H24N2. The van der Waals surface area contributed by atoms with Gasteiger partial charge in [0.25, 0.3) is 0 Å². The SMILES string of the molecule is CCCN(C)CCCC(C)CN. The molecular weight excluding hydrogens is 148 g/mol. The lowest BCUT2D eigenvalue weighted by Crippen LogP contribution is -2.21. The van der Waals surface area contributed by atoms with Crippen LogP contribution in [-0.4, -0.2) is 31.6 Å². The molecule has 0 radical (unpaired) electrons. The summed E-state index contributed by atoms with van der Waals surface area (Å²) in [7, 11) is 2.19. The van der Waals surface area contributed by atoms with Gasteiger partial charge in [-0.25, -0.2) is 0 Å². The predicted octanol–water partition coefficient (Wildman–Crippen LogP) is 1.70. The van der Waals surface area contributed by atoms with Gasteiger partial charge in [-0.3, -0.25) is 0 Å². The van der Waals surface area contributed by atoms with Gasteiger partial charge in [0.2, 0.25) is 0 Å². The number of rotatable bonds is 7. The molecule has 74 valence electrons. The third-order valence-electron chi connectivity index (χ3n) is 2.24. The fraction of sp³-hybridized carbons (Fsp3) is 1.00. The Kier molecular flexibility index (Phi) is 7.51. The Morgan fingerprint density at radius 2 is 2.00 bits per heavy atom. The van der Waals surface area contributed by atoms with E-state index in [1.54, 1.807) is 0 Å². The molecule has 0 aliphatic rings. The second kappa shape index (κ2) is 7.56. The van der Waals surface area contributed by atoms with Crippen molar-refractivity contribution in [3.05, 3.63) is 0 Å². The van der Waals surface area contributed by atoms with E-state index in [0.717, 1.165) is 6.54 Å². The Labute approximate surface area is 77.1 Å². The molecule has 2 heteroatoms. The molecule has 0 saturated heterocycles. The lowest BCUT2D eigenvalue weighted by Gasteiger charge is -2.16. The van der Waals surface area contributed by atoms with Crippen LogP contribution in [0.15, 0.2) is 0 Å². The highest BCUT2D eigenvalue weighted by molar-refractivity contribution is 4.56. The molecule has 0 aromatic heterocycles. The Hall–Kier alpha value is -0.0800. The molecule has 1 atom stereocenters. The van der Waals surface area contributed by atoms with Gasteiger partial charge >= 0.3 is 0 Å². The van der Waals surface area contributed by atoms with E-state index in [1.165, 1.54) is 32.4 Å². The van der Waals surface area contributed by atoms with Crippen molar-refractivity contribution in [1.82, 2.24) is 4.90 Å². The van der Waals surface area contributed by atoms with Crippen LogP contribution in [0.25, 0.3) is 0 Å². The smallest absolute Gasteiger partial charge is 0.00217 e. The summed E-state index contributed by atoms with van der Waals surface area (Å²) in [5.41, 5.74) is 5.53. The van der Waals surface area contributed by atoms with E-state index in [0.29, 0.717) is 5.92 Å². The minimum Gasteiger partial charge on any atom is -0.330 e. The summed E-state index contributed by atoms with van der Waals surface area (Å²) in [4.78, 5) is 2.39. The van der Waals surface area contributed by atoms with Gasteiger partial charge in [-0.2, -0.15) is 0 Å². The zero-order valence-corrected chi connectivity index (χ0v) is 8.84. The normalized spacial score (nSPS) is 13.8. The summed E-state index contributed by atoms with van der Waals surface area (Å²) >= 11 is 0. The van der Waals surface area contributed by atoms with E-state index >= 15 is 0 Å². The van der Waals surface area contributed by atoms with Crippen LogP contribution in [0.4, 0.5) is 0 Å². The quantitative estimate of drug-likeness (QED) is 0.633. The summed E-state index contributed by atoms with van der Waals surface area (Å²) in [5, 5.41) is 0. The van der Waals surface area contributed by atoms with Gasteiger partial charge in [0.15, 0.2) is 0 Å². The first-order valence-electron chi connectivity index (χ1n) is 5.09. The molecule has 12 heavy (non-hydrogen) atoms. The fourth-order valence-electron chi connectivity index (χ4n) is 1.32. The average Bonchev–Trinajstić information content (AvgIpc) is 2.04. The molecule has 0 amide bonds. The highest BCUT2D eigenvalue weighted by atomic mass is 15.1. The van der Waals surface area contributed by atoms with Crippen molar-refractivity contribution in [3.63, 3.8) is 0 Å². The fourth-order valence-corrected chi connectivity index (χ4v) is 1.32. The molecule has 1 unspecified atom stereocenters. The standard InChI is InChI=1S/C10H24N2/c1-4-7-12(3)8-5-6-10(2)9-11/h10H,4-9,11H2,1-3H3. The van der Waals surface area contributed by atoms with Crippen LogP contribution in [0.3, 0.4) is 0 Å². The van der Waals surface area contributed by atoms with Crippen molar-refractivity contribution in [2.45, 2.75) is 33.1 Å². The first kappa shape index (κ1) is 11.9. The highest BCUT2D eigenvalue weighted by Gasteiger charge is 2.00. The van der Waals surface area contributed by atoms with Gasteiger partial charge in [-0.15, -0.1) is 0 Å². The van der Waals surface area contributed by atoms with Crippen molar-refractivity contribution >= 4 is 0 Å². The maximum atomic E-state index is 5.53. The zero-order valence-electron chi connectivity index (χ0n) is 8.84. The van der Waals surface area contributed by atoms with Crippen LogP contribution >= 0.6 is 0 Å². The van der Waals surface area contributed by atoms with Crippen LogP contribution in [0, 0.1) is 5.92 Å². The average molecular weight is 172 g/mol. The van der Waals surface area contributed by atoms with E-state index in [4.69, 9.17) is 5.73 Å². The summed E-state index contributed by atoms with van der Waals surface area (Å²) in [6, 6.07) is 0. The van der Waals surface area contributed by atoms with Crippen LogP contribution in [0.2, 0.25) is 0 Å². The molecule has 2 N–H and O–H groups in total. The van der Waals surface area contributed by atoms with Gasteiger partial charge in [-0.05, 0) is 51.9 Å². The summed E-state index contributed by atoms with van der Waals surface area (Å²) in [6.07, 6.45) is 3.81. The number of nitrogens with two attached hydrogens (primary N) is 1. The van der Waals surface area contributed by atoms with E-state index in [9.17, 15) is 0 Å². The van der Waals surface area contributed by atoms with Crippen LogP contribution in [-0.2, 0) is 0 Å². The Bertz CT molecular complexity index is 93.8. The van der Waals surface area contributed by atoms with Crippen molar-refractivity contribution in [1.29, 1.82) is 0 Å². The molecule has 0 aromatic carbocycles. The molecule has 0 fully saturated rings. The molecule has 0 heterocycles. The maximum Gasteiger partial charge on any atom is -0.00217 e. The number of hydrogen-bond donors (Lipinski definition) is 1. The molecule has 0 bridgehead atoms. The van der Waals surface area contributed by atoms with Gasteiger partial charge in [-0.1, -0.05) is 13.8 Å². The van der Waals surface area contributed by atoms with Crippen molar-refractivity contribution in [2.24, 2.45) is 11.7 Å². The van der Waals surface area contributed by atoms with Gasteiger partial charge in [0.05, 0.1) is 0 Å². The largest absolute Gasteiger partial charge is 0.330 e. The zero-order chi connectivity index (χ0) is 9.40. The second-order valence-electron chi connectivity index (χ2n) is 3.79. The van der Waals surface area contributed by atoms with Crippen LogP contribution in [0.1, 0.15) is 33.1 Å². The summed E-state index contributed by atoms with van der Waals surface area (Å²) in [6.45, 7) is 7.71. The second-order valence-corrected chi connectivity index (χ2v) is 3.79. The van der Waals surface area contributed by atoms with Crippen LogP contribution < -0.4 is 5.73 Å². The van der Waals surface area contributed by atoms with Gasteiger partial charge < -0.3 is 10.6 Å². The first-order valence-corrected chi connectivity index (χ1v) is 5.09. The lowest BCUT2D eigenvalue weighted by molar-refractivity contribution is 0.316. The molecule has 0 spiro atoms. The molecule has 0 rings (SSSR count). The number of hydrogen-bond acceptors (Lipinski definition) is 2. The Morgan fingerprint density at radius 3 is 2.50 bits per heavy atom. The number of nitrogens with zero attached hydrogens (tertiary/aromatic N) is 1. The van der Waals surface area contributed by atoms with E-state index < -0.39 is 0 Å². The molecule has 0 aliphatic carbocycles. The highest BCUT2D eigenvalue weighted by Crippen LogP contribution is 2.03. The molecule has 0 saturated carbocycles. The van der Waals surface area contributed by atoms with E-state index in [1.807, 2.05) is 0 Å². The topological polar surface area (TPSA) is 29.3 Å². The molecule has 2 nitrogen and oxygen atoms in total. The minimum absolute atomic E-state index is 0.694. The third kappa shape index (κ3) is 6.62. The van der Waals surface area contributed by atoms with Crippen molar-refractivity contribution in [2.75, 3.05) is 26.7 Å². The minimum atomic E-state index is 0.694. The summed E-state index contributed by atoms with van der Waals surface area (Å²) < 4.78 is 0. The van der Waals surface area contributed by atoms with Gasteiger partial charge in [0.1, 0.15) is 0 Å². The molecule has 0 aromatic rings. The Morgan fingerprint density at radius 1 is 1.33 bits per heavy atom. The lowest BCUT2D eigenvalue weighted by atomic mass is 10.1. The molecule has 0 aliphatic heterocycles. The summed E-state index contributed by atoms with van der Waals surface area (Å²) in [5.74, 6) is 0.694. The third-order valence-corrected chi connectivity index (χ3v) is 2.24.